The first-order valence-corrected chi connectivity index (χ1v) is 5.73. The lowest BCUT2D eigenvalue weighted by Crippen LogP contribution is -2.36. The van der Waals surface area contributed by atoms with Crippen LogP contribution in [0.25, 0.3) is 0 Å². The largest absolute Gasteiger partial charge is 0.317 e. The molecule has 4 heteroatoms. The maximum absolute atomic E-state index is 12.5. The van der Waals surface area contributed by atoms with Crippen molar-refractivity contribution in [3.05, 3.63) is 0 Å². The van der Waals surface area contributed by atoms with E-state index in [4.69, 9.17) is 0 Å². The zero-order chi connectivity index (χ0) is 11.3. The average molecular weight is 220 g/mol. The van der Waals surface area contributed by atoms with Gasteiger partial charge in [0, 0.05) is 13.0 Å². The Morgan fingerprint density at radius 3 is 2.33 bits per heavy atom. The predicted molar refractivity (Wildman–Crippen MR) is 58.3 cm³/mol. The smallest absolute Gasteiger partial charge is 0.239 e. The fraction of sp³-hybridized carbons (Fsp3) is 1.00. The maximum Gasteiger partial charge on any atom is 0.239 e. The minimum atomic E-state index is -2.16. The van der Waals surface area contributed by atoms with Crippen LogP contribution in [0.5, 0.6) is 0 Å². The molecule has 0 spiro atoms. The number of nitrogens with zero attached hydrogens (tertiary/aromatic N) is 1. The molecular formula is C11H22F2N2. The van der Waals surface area contributed by atoms with Gasteiger partial charge < -0.3 is 10.2 Å². The summed E-state index contributed by atoms with van der Waals surface area (Å²) < 4.78 is 24.9. The molecule has 0 aromatic carbocycles. The Balaban J connectivity index is 2.45. The van der Waals surface area contributed by atoms with Gasteiger partial charge in [0.1, 0.15) is 0 Å². The van der Waals surface area contributed by atoms with Gasteiger partial charge in [0.25, 0.3) is 0 Å². The lowest BCUT2D eigenvalue weighted by atomic mass is 9.82. The Labute approximate surface area is 91.0 Å². The highest BCUT2D eigenvalue weighted by Gasteiger charge is 2.26. The van der Waals surface area contributed by atoms with Crippen LogP contribution in [0, 0.1) is 11.8 Å². The molecule has 0 aromatic heterocycles. The second kappa shape index (κ2) is 6.38. The molecule has 0 radical (unpaired) electrons. The zero-order valence-electron chi connectivity index (χ0n) is 9.68. The van der Waals surface area contributed by atoms with Crippen LogP contribution in [0.2, 0.25) is 0 Å². The van der Waals surface area contributed by atoms with Crippen LogP contribution in [0.4, 0.5) is 8.78 Å². The van der Waals surface area contributed by atoms with Crippen LogP contribution in [-0.2, 0) is 0 Å². The van der Waals surface area contributed by atoms with Gasteiger partial charge in [-0.1, -0.05) is 0 Å². The third-order valence-electron chi connectivity index (χ3n) is 3.13. The lowest BCUT2D eigenvalue weighted by molar-refractivity contribution is 0.0787. The molecule has 0 saturated carbocycles. The van der Waals surface area contributed by atoms with E-state index in [0.717, 1.165) is 32.5 Å². The van der Waals surface area contributed by atoms with E-state index >= 15 is 0 Å². The fourth-order valence-electron chi connectivity index (χ4n) is 2.43. The van der Waals surface area contributed by atoms with Gasteiger partial charge in [0.15, 0.2) is 0 Å². The number of hydrogen-bond donors (Lipinski definition) is 1. The van der Waals surface area contributed by atoms with Gasteiger partial charge in [0.2, 0.25) is 6.43 Å². The number of rotatable bonds is 5. The van der Waals surface area contributed by atoms with E-state index in [2.05, 4.69) is 5.32 Å². The zero-order valence-corrected chi connectivity index (χ0v) is 9.68. The molecule has 0 bridgehead atoms. The minimum Gasteiger partial charge on any atom is -0.317 e. The molecule has 1 aliphatic heterocycles. The average Bonchev–Trinajstić information content (AvgIpc) is 2.17. The van der Waals surface area contributed by atoms with E-state index in [-0.39, 0.29) is 12.3 Å². The third-order valence-corrected chi connectivity index (χ3v) is 3.13. The fourth-order valence-corrected chi connectivity index (χ4v) is 2.43. The summed E-state index contributed by atoms with van der Waals surface area (Å²) in [6, 6.07) is 0. The molecule has 1 unspecified atom stereocenters. The normalized spacial score (nSPS) is 21.2. The van der Waals surface area contributed by atoms with Gasteiger partial charge in [-0.25, -0.2) is 8.78 Å². The molecule has 0 amide bonds. The monoisotopic (exact) mass is 220 g/mol. The summed E-state index contributed by atoms with van der Waals surface area (Å²) in [6.07, 6.45) is -0.0101. The second-order valence-electron chi connectivity index (χ2n) is 4.74. The molecule has 90 valence electrons. The van der Waals surface area contributed by atoms with Gasteiger partial charge in [0.05, 0.1) is 0 Å². The standard InChI is InChI=1S/C11H22F2N2/c1-15(2)8-10(7-11(12)13)9-3-5-14-6-4-9/h9-11,14H,3-8H2,1-2H3. The molecule has 15 heavy (non-hydrogen) atoms. The number of alkyl halides is 2. The van der Waals surface area contributed by atoms with Crippen LogP contribution >= 0.6 is 0 Å². The molecule has 1 aliphatic rings. The van der Waals surface area contributed by atoms with E-state index in [1.165, 1.54) is 0 Å². The summed E-state index contributed by atoms with van der Waals surface area (Å²) in [6.45, 7) is 2.75. The van der Waals surface area contributed by atoms with E-state index in [1.807, 2.05) is 19.0 Å². The third kappa shape index (κ3) is 4.89. The van der Waals surface area contributed by atoms with Crippen molar-refractivity contribution in [2.45, 2.75) is 25.7 Å². The quantitative estimate of drug-likeness (QED) is 0.760. The molecule has 1 saturated heterocycles. The number of hydrogen-bond acceptors (Lipinski definition) is 2. The minimum absolute atomic E-state index is 0.0584. The van der Waals surface area contributed by atoms with Crippen molar-refractivity contribution in [3.63, 3.8) is 0 Å². The molecule has 0 aromatic rings. The van der Waals surface area contributed by atoms with Crippen LogP contribution in [0.15, 0.2) is 0 Å². The van der Waals surface area contributed by atoms with Crippen molar-refractivity contribution in [2.24, 2.45) is 11.8 Å². The summed E-state index contributed by atoms with van der Waals surface area (Å²) in [5, 5.41) is 3.28. The van der Waals surface area contributed by atoms with Gasteiger partial charge in [-0.05, 0) is 51.9 Å². The lowest BCUT2D eigenvalue weighted by Gasteiger charge is -2.32. The summed E-state index contributed by atoms with van der Waals surface area (Å²) in [4.78, 5) is 2.02. The second-order valence-corrected chi connectivity index (χ2v) is 4.74. The van der Waals surface area contributed by atoms with E-state index in [0.29, 0.717) is 5.92 Å². The number of nitrogens with one attached hydrogen (secondary N) is 1. The maximum atomic E-state index is 12.5. The summed E-state index contributed by atoms with van der Waals surface area (Å²) in [5.41, 5.74) is 0. The molecular weight excluding hydrogens is 198 g/mol. The first-order valence-electron chi connectivity index (χ1n) is 5.73. The molecule has 0 aliphatic carbocycles. The van der Waals surface area contributed by atoms with Gasteiger partial charge in [-0.15, -0.1) is 0 Å². The van der Waals surface area contributed by atoms with Crippen LogP contribution in [0.1, 0.15) is 19.3 Å². The van der Waals surface area contributed by atoms with Crippen molar-refractivity contribution in [1.82, 2.24) is 10.2 Å². The topological polar surface area (TPSA) is 15.3 Å². The molecule has 1 N–H and O–H groups in total. The number of piperidine rings is 1. The van der Waals surface area contributed by atoms with E-state index in [9.17, 15) is 8.78 Å². The van der Waals surface area contributed by atoms with Gasteiger partial charge >= 0.3 is 0 Å². The summed E-state index contributed by atoms with van der Waals surface area (Å²) in [5.74, 6) is 0.629. The molecule has 1 rings (SSSR count). The Bertz CT molecular complexity index is 158. The summed E-state index contributed by atoms with van der Waals surface area (Å²) >= 11 is 0. The SMILES string of the molecule is CN(C)CC(CC(F)F)C1CCNCC1. The number of halogens is 2. The van der Waals surface area contributed by atoms with Gasteiger partial charge in [-0.3, -0.25) is 0 Å². The highest BCUT2D eigenvalue weighted by Crippen LogP contribution is 2.27. The Morgan fingerprint density at radius 2 is 1.87 bits per heavy atom. The van der Waals surface area contributed by atoms with Crippen LogP contribution < -0.4 is 5.32 Å². The van der Waals surface area contributed by atoms with Crippen molar-refractivity contribution in [1.29, 1.82) is 0 Å². The van der Waals surface area contributed by atoms with Crippen LogP contribution in [-0.4, -0.2) is 45.1 Å². The van der Waals surface area contributed by atoms with E-state index < -0.39 is 6.43 Å². The van der Waals surface area contributed by atoms with Crippen molar-refractivity contribution < 1.29 is 8.78 Å². The van der Waals surface area contributed by atoms with E-state index in [1.54, 1.807) is 0 Å². The van der Waals surface area contributed by atoms with Crippen molar-refractivity contribution in [2.75, 3.05) is 33.7 Å². The highest BCUT2D eigenvalue weighted by molar-refractivity contribution is 4.78. The molecule has 2 nitrogen and oxygen atoms in total. The first-order chi connectivity index (χ1) is 7.09. The Morgan fingerprint density at radius 1 is 1.27 bits per heavy atom. The van der Waals surface area contributed by atoms with Crippen molar-refractivity contribution in [3.8, 4) is 0 Å². The molecule has 1 fully saturated rings. The Kier molecular flexibility index (Phi) is 5.47. The highest BCUT2D eigenvalue weighted by atomic mass is 19.3. The molecule has 1 atom stereocenters. The van der Waals surface area contributed by atoms with Gasteiger partial charge in [-0.2, -0.15) is 0 Å². The van der Waals surface area contributed by atoms with Crippen LogP contribution in [0.3, 0.4) is 0 Å². The van der Waals surface area contributed by atoms with Crippen molar-refractivity contribution >= 4 is 0 Å². The molecule has 1 heterocycles. The Hall–Kier alpha value is -0.220. The summed E-state index contributed by atoms with van der Waals surface area (Å²) in [7, 11) is 3.92. The first kappa shape index (κ1) is 12.8. The predicted octanol–water partition coefficient (Wildman–Crippen LogP) is 1.82.